The number of aryl methyl sites for hydroxylation is 1. The number of carbonyl (C=O) groups is 1. The van der Waals surface area contributed by atoms with Gasteiger partial charge in [-0.15, -0.1) is 0 Å². The van der Waals surface area contributed by atoms with E-state index in [1.807, 2.05) is 44.3 Å². The van der Waals surface area contributed by atoms with Crippen LogP contribution in [0.5, 0.6) is 5.75 Å². The molecule has 0 unspecified atom stereocenters. The summed E-state index contributed by atoms with van der Waals surface area (Å²) in [5, 5.41) is 5.95. The van der Waals surface area contributed by atoms with Gasteiger partial charge in [0, 0.05) is 28.8 Å². The molecule has 5 heteroatoms. The summed E-state index contributed by atoms with van der Waals surface area (Å²) in [4.78, 5) is 12.4. The molecule has 21 heavy (non-hydrogen) atoms. The highest BCUT2D eigenvalue weighted by Crippen LogP contribution is 2.28. The second-order valence-electron chi connectivity index (χ2n) is 4.58. The van der Waals surface area contributed by atoms with Crippen molar-refractivity contribution in [3.63, 3.8) is 0 Å². The summed E-state index contributed by atoms with van der Waals surface area (Å²) in [6.45, 7) is 1.91. The Labute approximate surface area is 132 Å². The first-order chi connectivity index (χ1) is 10.0. The Morgan fingerprint density at radius 1 is 1.19 bits per heavy atom. The lowest BCUT2D eigenvalue weighted by atomic mass is 10.1. The van der Waals surface area contributed by atoms with E-state index in [-0.39, 0.29) is 5.91 Å². The molecule has 0 heterocycles. The van der Waals surface area contributed by atoms with E-state index >= 15 is 0 Å². The lowest BCUT2D eigenvalue weighted by Gasteiger charge is -2.11. The summed E-state index contributed by atoms with van der Waals surface area (Å²) >= 11 is 3.42. The second-order valence-corrected chi connectivity index (χ2v) is 5.43. The van der Waals surface area contributed by atoms with Crippen LogP contribution >= 0.6 is 15.9 Å². The van der Waals surface area contributed by atoms with Crippen molar-refractivity contribution >= 4 is 33.2 Å². The number of nitrogens with one attached hydrogen (secondary N) is 2. The molecule has 0 spiro atoms. The number of methoxy groups -OCH3 is 1. The van der Waals surface area contributed by atoms with E-state index in [0.29, 0.717) is 17.0 Å². The van der Waals surface area contributed by atoms with E-state index in [9.17, 15) is 4.79 Å². The summed E-state index contributed by atoms with van der Waals surface area (Å²) in [5.74, 6) is 0.542. The van der Waals surface area contributed by atoms with Crippen LogP contribution in [-0.4, -0.2) is 20.1 Å². The summed E-state index contributed by atoms with van der Waals surface area (Å²) in [6, 6.07) is 11.1. The monoisotopic (exact) mass is 348 g/mol. The Bertz CT molecular complexity index is 671. The molecule has 2 rings (SSSR count). The highest BCUT2D eigenvalue weighted by atomic mass is 79.9. The average Bonchev–Trinajstić information content (AvgIpc) is 2.49. The minimum absolute atomic E-state index is 0.149. The van der Waals surface area contributed by atoms with E-state index in [0.717, 1.165) is 15.7 Å². The smallest absolute Gasteiger partial charge is 0.255 e. The van der Waals surface area contributed by atoms with Gasteiger partial charge < -0.3 is 15.4 Å². The third-order valence-corrected chi connectivity index (χ3v) is 3.87. The predicted molar refractivity (Wildman–Crippen MR) is 89.4 cm³/mol. The van der Waals surface area contributed by atoms with Crippen molar-refractivity contribution in [1.29, 1.82) is 0 Å². The molecule has 0 atom stereocenters. The minimum Gasteiger partial charge on any atom is -0.497 e. The van der Waals surface area contributed by atoms with Crippen molar-refractivity contribution in [3.8, 4) is 5.75 Å². The van der Waals surface area contributed by atoms with Gasteiger partial charge in [-0.2, -0.15) is 0 Å². The van der Waals surface area contributed by atoms with Crippen molar-refractivity contribution < 1.29 is 9.53 Å². The molecule has 110 valence electrons. The summed E-state index contributed by atoms with van der Waals surface area (Å²) < 4.78 is 5.98. The van der Waals surface area contributed by atoms with Crippen LogP contribution in [0.4, 0.5) is 11.4 Å². The van der Waals surface area contributed by atoms with Crippen LogP contribution in [0.3, 0.4) is 0 Å². The molecule has 0 saturated heterocycles. The van der Waals surface area contributed by atoms with Crippen molar-refractivity contribution in [2.24, 2.45) is 0 Å². The van der Waals surface area contributed by atoms with Crippen molar-refractivity contribution in [1.82, 2.24) is 0 Å². The third-order valence-electron chi connectivity index (χ3n) is 3.18. The number of hydrogen-bond donors (Lipinski definition) is 2. The lowest BCUT2D eigenvalue weighted by Crippen LogP contribution is -2.14. The van der Waals surface area contributed by atoms with Gasteiger partial charge in [0.15, 0.2) is 0 Å². The maximum Gasteiger partial charge on any atom is 0.255 e. The van der Waals surface area contributed by atoms with Crippen LogP contribution in [0, 0.1) is 6.92 Å². The van der Waals surface area contributed by atoms with Crippen molar-refractivity contribution in [2.75, 3.05) is 24.8 Å². The van der Waals surface area contributed by atoms with E-state index in [2.05, 4.69) is 26.6 Å². The fourth-order valence-electron chi connectivity index (χ4n) is 1.99. The number of carbonyl (C=O) groups excluding carboxylic acids is 1. The third kappa shape index (κ3) is 3.55. The molecular weight excluding hydrogens is 332 g/mol. The maximum absolute atomic E-state index is 12.4. The highest BCUT2D eigenvalue weighted by Gasteiger charge is 2.12. The zero-order chi connectivity index (χ0) is 15.4. The molecule has 2 N–H and O–H groups in total. The first-order valence-corrected chi connectivity index (χ1v) is 7.27. The van der Waals surface area contributed by atoms with E-state index in [4.69, 9.17) is 4.74 Å². The average molecular weight is 349 g/mol. The van der Waals surface area contributed by atoms with Crippen LogP contribution < -0.4 is 15.4 Å². The first kappa shape index (κ1) is 15.4. The van der Waals surface area contributed by atoms with Crippen LogP contribution in [0.15, 0.2) is 40.9 Å². The Kier molecular flexibility index (Phi) is 4.85. The number of hydrogen-bond acceptors (Lipinski definition) is 3. The van der Waals surface area contributed by atoms with Gasteiger partial charge in [0.05, 0.1) is 12.8 Å². The Hall–Kier alpha value is -2.01. The SMILES string of the molecule is CNc1ccc(C(=O)Nc2cc(OC)ccc2Br)c(C)c1. The zero-order valence-corrected chi connectivity index (χ0v) is 13.7. The molecule has 1 amide bonds. The number of amides is 1. The first-order valence-electron chi connectivity index (χ1n) is 6.48. The number of benzene rings is 2. The molecule has 2 aromatic rings. The molecule has 4 nitrogen and oxygen atoms in total. The molecule has 0 saturated carbocycles. The summed E-state index contributed by atoms with van der Waals surface area (Å²) in [5.41, 5.74) is 3.21. The van der Waals surface area contributed by atoms with Crippen LogP contribution in [0.1, 0.15) is 15.9 Å². The fourth-order valence-corrected chi connectivity index (χ4v) is 2.34. The molecule has 0 aromatic heterocycles. The van der Waals surface area contributed by atoms with Crippen molar-refractivity contribution in [3.05, 3.63) is 52.0 Å². The van der Waals surface area contributed by atoms with E-state index < -0.39 is 0 Å². The highest BCUT2D eigenvalue weighted by molar-refractivity contribution is 9.10. The number of ether oxygens (including phenoxy) is 1. The number of anilines is 2. The van der Waals surface area contributed by atoms with Gasteiger partial charge in [0.2, 0.25) is 0 Å². The Morgan fingerprint density at radius 2 is 1.95 bits per heavy atom. The second kappa shape index (κ2) is 6.63. The van der Waals surface area contributed by atoms with E-state index in [1.165, 1.54) is 0 Å². The topological polar surface area (TPSA) is 50.4 Å². The standard InChI is InChI=1S/C16H17BrN2O2/c1-10-8-11(18-2)4-6-13(10)16(20)19-15-9-12(21-3)5-7-14(15)17/h4-9,18H,1-3H3,(H,19,20). The van der Waals surface area contributed by atoms with Gasteiger partial charge in [0.25, 0.3) is 5.91 Å². The summed E-state index contributed by atoms with van der Waals surface area (Å²) in [6.07, 6.45) is 0. The van der Waals surface area contributed by atoms with Gasteiger partial charge in [0.1, 0.15) is 5.75 Å². The number of rotatable bonds is 4. The molecule has 0 radical (unpaired) electrons. The molecule has 0 aliphatic carbocycles. The lowest BCUT2D eigenvalue weighted by molar-refractivity contribution is 0.102. The normalized spacial score (nSPS) is 10.1. The maximum atomic E-state index is 12.4. The Balaban J connectivity index is 2.26. The van der Waals surface area contributed by atoms with E-state index in [1.54, 1.807) is 13.2 Å². The van der Waals surface area contributed by atoms with Crippen LogP contribution in [-0.2, 0) is 0 Å². The van der Waals surface area contributed by atoms with Crippen molar-refractivity contribution in [2.45, 2.75) is 6.92 Å². The fraction of sp³-hybridized carbons (Fsp3) is 0.188. The van der Waals surface area contributed by atoms with Gasteiger partial charge in [-0.05, 0) is 58.7 Å². The molecule has 0 aliphatic rings. The Morgan fingerprint density at radius 3 is 2.57 bits per heavy atom. The zero-order valence-electron chi connectivity index (χ0n) is 12.2. The molecular formula is C16H17BrN2O2. The number of halogens is 1. The molecule has 0 fully saturated rings. The van der Waals surface area contributed by atoms with Gasteiger partial charge >= 0.3 is 0 Å². The summed E-state index contributed by atoms with van der Waals surface area (Å²) in [7, 11) is 3.44. The predicted octanol–water partition coefficient (Wildman–Crippen LogP) is 4.06. The van der Waals surface area contributed by atoms with Gasteiger partial charge in [-0.25, -0.2) is 0 Å². The largest absolute Gasteiger partial charge is 0.497 e. The van der Waals surface area contributed by atoms with Crippen LogP contribution in [0.25, 0.3) is 0 Å². The minimum atomic E-state index is -0.149. The van der Waals surface area contributed by atoms with Crippen LogP contribution in [0.2, 0.25) is 0 Å². The quantitative estimate of drug-likeness (QED) is 0.875. The van der Waals surface area contributed by atoms with Gasteiger partial charge in [-0.3, -0.25) is 4.79 Å². The van der Waals surface area contributed by atoms with Gasteiger partial charge in [-0.1, -0.05) is 0 Å². The molecule has 0 bridgehead atoms. The molecule has 2 aromatic carbocycles. The molecule has 0 aliphatic heterocycles.